The van der Waals surface area contributed by atoms with Gasteiger partial charge in [-0.2, -0.15) is 11.3 Å². The Morgan fingerprint density at radius 2 is 2.53 bits per heavy atom. The highest BCUT2D eigenvalue weighted by molar-refractivity contribution is 7.07. The maximum Gasteiger partial charge on any atom is 0.227 e. The van der Waals surface area contributed by atoms with E-state index in [9.17, 15) is 4.79 Å². The maximum absolute atomic E-state index is 11.9. The van der Waals surface area contributed by atoms with Crippen molar-refractivity contribution >= 4 is 28.8 Å². The number of rotatable bonds is 2. The first-order valence-electron chi connectivity index (χ1n) is 5.18. The monoisotopic (exact) mass is 243 g/mol. The summed E-state index contributed by atoms with van der Waals surface area (Å²) in [6.45, 7) is 1.58. The van der Waals surface area contributed by atoms with Crippen molar-refractivity contribution in [1.82, 2.24) is 4.90 Å². The lowest BCUT2D eigenvalue weighted by Gasteiger charge is -2.29. The van der Waals surface area contributed by atoms with Crippen LogP contribution in [0.15, 0.2) is 16.8 Å². The number of hydrogen-bond donors (Lipinski definition) is 0. The molecular weight excluding hydrogens is 230 g/mol. The van der Waals surface area contributed by atoms with Gasteiger partial charge in [0.2, 0.25) is 5.91 Å². The van der Waals surface area contributed by atoms with Gasteiger partial charge in [0.15, 0.2) is 0 Å². The van der Waals surface area contributed by atoms with Crippen LogP contribution in [0.1, 0.15) is 18.4 Å². The Labute approximate surface area is 98.8 Å². The third-order valence-corrected chi connectivity index (χ3v) is 3.74. The molecule has 0 aromatic carbocycles. The number of thiophene rings is 1. The molecule has 0 N–H and O–H groups in total. The van der Waals surface area contributed by atoms with Gasteiger partial charge in [0.05, 0.1) is 11.8 Å². The summed E-state index contributed by atoms with van der Waals surface area (Å²) in [5.74, 6) is 0.207. The average molecular weight is 244 g/mol. The van der Waals surface area contributed by atoms with Crippen molar-refractivity contribution in [2.24, 2.45) is 0 Å². The molecule has 1 aromatic heterocycles. The fourth-order valence-corrected chi connectivity index (χ4v) is 2.82. The number of hydrogen-bond acceptors (Lipinski definition) is 2. The highest BCUT2D eigenvalue weighted by Gasteiger charge is 2.21. The number of likely N-dealkylation sites (tertiary alicyclic amines) is 1. The molecule has 1 aliphatic heterocycles. The summed E-state index contributed by atoms with van der Waals surface area (Å²) < 4.78 is 0. The van der Waals surface area contributed by atoms with Crippen molar-refractivity contribution in [3.63, 3.8) is 0 Å². The molecule has 0 spiro atoms. The Bertz CT molecular complexity index is 325. The lowest BCUT2D eigenvalue weighted by Crippen LogP contribution is -2.41. The van der Waals surface area contributed by atoms with Gasteiger partial charge >= 0.3 is 0 Å². The van der Waals surface area contributed by atoms with E-state index in [1.54, 1.807) is 11.3 Å². The van der Waals surface area contributed by atoms with Crippen LogP contribution >= 0.6 is 22.9 Å². The quantitative estimate of drug-likeness (QED) is 0.731. The molecule has 2 rings (SSSR count). The largest absolute Gasteiger partial charge is 0.341 e. The van der Waals surface area contributed by atoms with E-state index in [2.05, 4.69) is 0 Å². The van der Waals surface area contributed by atoms with Crippen molar-refractivity contribution in [3.05, 3.63) is 22.4 Å². The van der Waals surface area contributed by atoms with Crippen LogP contribution < -0.4 is 0 Å². The molecule has 0 bridgehead atoms. The minimum atomic E-state index is 0.144. The van der Waals surface area contributed by atoms with Crippen molar-refractivity contribution in [2.75, 3.05) is 13.1 Å². The van der Waals surface area contributed by atoms with Gasteiger partial charge in [-0.05, 0) is 35.2 Å². The van der Waals surface area contributed by atoms with Crippen molar-refractivity contribution in [1.29, 1.82) is 0 Å². The standard InChI is InChI=1S/C11H14ClNOS/c12-10-2-1-4-13(7-10)11(14)6-9-3-5-15-8-9/h3,5,8,10H,1-2,4,6-7H2. The third kappa shape index (κ3) is 2.95. The second kappa shape index (κ2) is 4.99. The molecule has 1 amide bonds. The molecule has 1 unspecified atom stereocenters. The van der Waals surface area contributed by atoms with Crippen LogP contribution in [0.2, 0.25) is 0 Å². The highest BCUT2D eigenvalue weighted by atomic mass is 35.5. The van der Waals surface area contributed by atoms with Crippen LogP contribution in [-0.2, 0) is 11.2 Å². The van der Waals surface area contributed by atoms with Gasteiger partial charge in [-0.3, -0.25) is 4.79 Å². The Hall–Kier alpha value is -0.540. The van der Waals surface area contributed by atoms with Crippen LogP contribution in [-0.4, -0.2) is 29.3 Å². The Kier molecular flexibility index (Phi) is 3.65. The summed E-state index contributed by atoms with van der Waals surface area (Å²) >= 11 is 7.68. The maximum atomic E-state index is 11.9. The molecule has 0 saturated carbocycles. The third-order valence-electron chi connectivity index (χ3n) is 2.65. The average Bonchev–Trinajstić information content (AvgIpc) is 2.70. The fraction of sp³-hybridized carbons (Fsp3) is 0.545. The summed E-state index contributed by atoms with van der Waals surface area (Å²) in [7, 11) is 0. The summed E-state index contributed by atoms with van der Waals surface area (Å²) in [6, 6.07) is 2.00. The van der Waals surface area contributed by atoms with E-state index in [-0.39, 0.29) is 11.3 Å². The number of carbonyl (C=O) groups is 1. The van der Waals surface area contributed by atoms with E-state index in [4.69, 9.17) is 11.6 Å². The van der Waals surface area contributed by atoms with Crippen LogP contribution in [0.25, 0.3) is 0 Å². The minimum Gasteiger partial charge on any atom is -0.341 e. The molecule has 15 heavy (non-hydrogen) atoms. The van der Waals surface area contributed by atoms with Crippen molar-refractivity contribution in [3.8, 4) is 0 Å². The number of piperidine rings is 1. The van der Waals surface area contributed by atoms with E-state index in [0.29, 0.717) is 13.0 Å². The highest BCUT2D eigenvalue weighted by Crippen LogP contribution is 2.16. The SMILES string of the molecule is O=C(Cc1ccsc1)N1CCCC(Cl)C1. The molecule has 1 saturated heterocycles. The molecule has 4 heteroatoms. The van der Waals surface area contributed by atoms with Gasteiger partial charge in [0, 0.05) is 13.1 Å². The summed E-state index contributed by atoms with van der Waals surface area (Å²) in [6.07, 6.45) is 2.58. The molecule has 1 aliphatic rings. The molecule has 2 nitrogen and oxygen atoms in total. The van der Waals surface area contributed by atoms with Crippen molar-refractivity contribution < 1.29 is 4.79 Å². The van der Waals surface area contributed by atoms with Gasteiger partial charge in [0.1, 0.15) is 0 Å². The van der Waals surface area contributed by atoms with Gasteiger partial charge in [-0.1, -0.05) is 0 Å². The fourth-order valence-electron chi connectivity index (χ4n) is 1.83. The number of amides is 1. The lowest BCUT2D eigenvalue weighted by atomic mass is 10.1. The van der Waals surface area contributed by atoms with Crippen LogP contribution in [0.3, 0.4) is 0 Å². The Balaban J connectivity index is 1.90. The zero-order chi connectivity index (χ0) is 10.7. The van der Waals surface area contributed by atoms with Gasteiger partial charge in [0.25, 0.3) is 0 Å². The number of alkyl halides is 1. The van der Waals surface area contributed by atoms with Crippen LogP contribution in [0.4, 0.5) is 0 Å². The zero-order valence-electron chi connectivity index (χ0n) is 8.49. The van der Waals surface area contributed by atoms with Crippen molar-refractivity contribution in [2.45, 2.75) is 24.6 Å². The number of nitrogens with zero attached hydrogens (tertiary/aromatic N) is 1. The smallest absolute Gasteiger partial charge is 0.227 e. The molecular formula is C11H14ClNOS. The predicted molar refractivity (Wildman–Crippen MR) is 63.5 cm³/mol. The molecule has 0 radical (unpaired) electrons. The second-order valence-electron chi connectivity index (χ2n) is 3.89. The van der Waals surface area contributed by atoms with E-state index in [0.717, 1.165) is 24.9 Å². The van der Waals surface area contributed by atoms with Crippen LogP contribution in [0.5, 0.6) is 0 Å². The predicted octanol–water partition coefficient (Wildman–Crippen LogP) is 2.52. The summed E-state index contributed by atoms with van der Waals surface area (Å²) in [5, 5.41) is 4.17. The van der Waals surface area contributed by atoms with Crippen LogP contribution in [0, 0.1) is 0 Å². The second-order valence-corrected chi connectivity index (χ2v) is 5.28. The first kappa shape index (κ1) is 11.0. The van der Waals surface area contributed by atoms with E-state index < -0.39 is 0 Å². The molecule has 82 valence electrons. The Morgan fingerprint density at radius 3 is 3.20 bits per heavy atom. The number of carbonyl (C=O) groups excluding carboxylic acids is 1. The summed E-state index contributed by atoms with van der Waals surface area (Å²) in [4.78, 5) is 13.8. The molecule has 0 aliphatic carbocycles. The molecule has 1 atom stereocenters. The first-order chi connectivity index (χ1) is 7.25. The summed E-state index contributed by atoms with van der Waals surface area (Å²) in [5.41, 5.74) is 1.11. The first-order valence-corrected chi connectivity index (χ1v) is 6.56. The zero-order valence-corrected chi connectivity index (χ0v) is 10.1. The molecule has 1 fully saturated rings. The van der Waals surface area contributed by atoms with Gasteiger partial charge in [-0.15, -0.1) is 11.6 Å². The Morgan fingerprint density at radius 1 is 1.67 bits per heavy atom. The van der Waals surface area contributed by atoms with E-state index >= 15 is 0 Å². The minimum absolute atomic E-state index is 0.144. The normalized spacial score (nSPS) is 21.7. The van der Waals surface area contributed by atoms with E-state index in [1.807, 2.05) is 21.7 Å². The lowest BCUT2D eigenvalue weighted by molar-refractivity contribution is -0.131. The van der Waals surface area contributed by atoms with E-state index in [1.165, 1.54) is 0 Å². The topological polar surface area (TPSA) is 20.3 Å². The molecule has 2 heterocycles. The van der Waals surface area contributed by atoms with Gasteiger partial charge in [-0.25, -0.2) is 0 Å². The number of halogens is 1. The van der Waals surface area contributed by atoms with Gasteiger partial charge < -0.3 is 4.90 Å². The molecule has 1 aromatic rings.